The highest BCUT2D eigenvalue weighted by molar-refractivity contribution is 5.94. The van der Waals surface area contributed by atoms with Crippen LogP contribution in [0.25, 0.3) is 0 Å². The van der Waals surface area contributed by atoms with Crippen molar-refractivity contribution in [3.63, 3.8) is 0 Å². The molecule has 31 heavy (non-hydrogen) atoms. The Labute approximate surface area is 177 Å². The Balaban J connectivity index is 2.34. The smallest absolute Gasteiger partial charge is 0.417 e. The maximum absolute atomic E-state index is 13.3. The zero-order valence-electron chi connectivity index (χ0n) is 17.2. The second kappa shape index (κ2) is 8.76. The number of halogens is 3. The first-order valence-corrected chi connectivity index (χ1v) is 9.25. The zero-order chi connectivity index (χ0) is 23.4. The standard InChI is InChI=1S/C22H21F3N3O3/c1-4-21(30,14-31-18-9-5-15(12-26)6-10-18)20(29)28(2,3)17-8-7-16(13-27)19(11-17)22(23,24)25/h5-11,30H,4,14H2,1-3H3/q+1/t21-/m0/s1. The van der Waals surface area contributed by atoms with Crippen molar-refractivity contribution in [2.75, 3.05) is 20.7 Å². The van der Waals surface area contributed by atoms with Gasteiger partial charge in [-0.1, -0.05) is 6.92 Å². The third-order valence-electron chi connectivity index (χ3n) is 5.03. The van der Waals surface area contributed by atoms with Gasteiger partial charge in [-0.15, -0.1) is 0 Å². The second-order valence-corrected chi connectivity index (χ2v) is 7.41. The van der Waals surface area contributed by atoms with E-state index in [4.69, 9.17) is 15.3 Å². The molecule has 1 N–H and O–H groups in total. The molecule has 1 atom stereocenters. The molecule has 0 aliphatic carbocycles. The zero-order valence-corrected chi connectivity index (χ0v) is 17.2. The first-order valence-electron chi connectivity index (χ1n) is 9.25. The largest absolute Gasteiger partial charge is 0.490 e. The van der Waals surface area contributed by atoms with Crippen LogP contribution in [0.15, 0.2) is 42.5 Å². The molecule has 0 aromatic heterocycles. The number of nitrogens with zero attached hydrogens (tertiary/aromatic N) is 3. The van der Waals surface area contributed by atoms with E-state index in [1.807, 2.05) is 6.07 Å². The van der Waals surface area contributed by atoms with Crippen LogP contribution < -0.4 is 9.22 Å². The van der Waals surface area contributed by atoms with Crippen molar-refractivity contribution in [1.29, 1.82) is 10.5 Å². The highest BCUT2D eigenvalue weighted by Gasteiger charge is 2.48. The molecular weight excluding hydrogens is 411 g/mol. The molecule has 0 radical (unpaired) electrons. The van der Waals surface area contributed by atoms with Gasteiger partial charge in [0.15, 0.2) is 0 Å². The summed E-state index contributed by atoms with van der Waals surface area (Å²) in [5.74, 6) is -0.455. The van der Waals surface area contributed by atoms with Gasteiger partial charge in [0.2, 0.25) is 5.60 Å². The molecule has 0 aliphatic heterocycles. The molecule has 0 unspecified atom stereocenters. The van der Waals surface area contributed by atoms with Gasteiger partial charge in [-0.2, -0.15) is 23.7 Å². The van der Waals surface area contributed by atoms with Gasteiger partial charge >= 0.3 is 12.1 Å². The number of carbonyl (C=O) groups excluding carboxylic acids is 1. The minimum atomic E-state index is -4.77. The van der Waals surface area contributed by atoms with Crippen LogP contribution in [0.4, 0.5) is 18.9 Å². The lowest BCUT2D eigenvalue weighted by atomic mass is 9.97. The lowest BCUT2D eigenvalue weighted by Gasteiger charge is -2.34. The van der Waals surface area contributed by atoms with Gasteiger partial charge in [0, 0.05) is 12.1 Å². The average molecular weight is 432 g/mol. The topological polar surface area (TPSA) is 94.1 Å². The third-order valence-corrected chi connectivity index (χ3v) is 5.03. The summed E-state index contributed by atoms with van der Waals surface area (Å²) in [5, 5.41) is 28.8. The molecular formula is C22H21F3N3O3+. The molecule has 0 saturated carbocycles. The molecule has 0 spiro atoms. The van der Waals surface area contributed by atoms with Gasteiger partial charge in [0.1, 0.15) is 18.0 Å². The Kier molecular flexibility index (Phi) is 6.75. The summed E-state index contributed by atoms with van der Waals surface area (Å²) in [6.45, 7) is 1.12. The molecule has 2 aromatic carbocycles. The summed E-state index contributed by atoms with van der Waals surface area (Å²) < 4.78 is 44.8. The maximum atomic E-state index is 13.3. The highest BCUT2D eigenvalue weighted by atomic mass is 19.4. The number of benzene rings is 2. The molecule has 0 fully saturated rings. The van der Waals surface area contributed by atoms with Crippen molar-refractivity contribution in [2.24, 2.45) is 0 Å². The minimum Gasteiger partial charge on any atom is -0.490 e. The number of aliphatic hydroxyl groups is 1. The van der Waals surface area contributed by atoms with E-state index in [9.17, 15) is 23.1 Å². The van der Waals surface area contributed by atoms with Gasteiger partial charge in [-0.05, 0) is 36.8 Å². The fraction of sp³-hybridized carbons (Fsp3) is 0.318. The van der Waals surface area contributed by atoms with E-state index < -0.39 is 39.9 Å². The first kappa shape index (κ1) is 23.9. The SMILES string of the molecule is CC[C@](O)(COc1ccc(C#N)cc1)C(=O)[N+](C)(C)c1ccc(C#N)c(C(F)(F)F)c1. The fourth-order valence-electron chi connectivity index (χ4n) is 2.99. The predicted molar refractivity (Wildman–Crippen MR) is 107 cm³/mol. The van der Waals surface area contributed by atoms with Gasteiger partial charge in [0.05, 0.1) is 42.9 Å². The highest BCUT2D eigenvalue weighted by Crippen LogP contribution is 2.36. The summed E-state index contributed by atoms with van der Waals surface area (Å²) in [4.78, 5) is 13.2. The minimum absolute atomic E-state index is 0.0402. The maximum Gasteiger partial charge on any atom is 0.417 e. The summed E-state index contributed by atoms with van der Waals surface area (Å²) in [5.41, 5.74) is -3.34. The van der Waals surface area contributed by atoms with E-state index in [2.05, 4.69) is 0 Å². The van der Waals surface area contributed by atoms with Crippen LogP contribution in [0, 0.1) is 22.7 Å². The number of amides is 1. The lowest BCUT2D eigenvalue weighted by molar-refractivity contribution is -0.151. The van der Waals surface area contributed by atoms with Crippen LogP contribution >= 0.6 is 0 Å². The predicted octanol–water partition coefficient (Wildman–Crippen LogP) is 3.76. The summed E-state index contributed by atoms with van der Waals surface area (Å²) >= 11 is 0. The van der Waals surface area contributed by atoms with Crippen LogP contribution in [-0.2, 0) is 11.0 Å². The van der Waals surface area contributed by atoms with Gasteiger partial charge in [-0.25, -0.2) is 9.28 Å². The number of hydrogen-bond acceptors (Lipinski definition) is 5. The number of ether oxygens (including phenoxy) is 1. The number of hydrogen-bond donors (Lipinski definition) is 1. The summed E-state index contributed by atoms with van der Waals surface area (Å²) in [6, 6.07) is 12.5. The summed E-state index contributed by atoms with van der Waals surface area (Å²) in [7, 11) is 2.71. The van der Waals surface area contributed by atoms with E-state index >= 15 is 0 Å². The number of likely N-dealkylation sites (N-methyl/N-ethyl adjacent to an activating group) is 1. The quantitative estimate of drug-likeness (QED) is 0.702. The normalized spacial score (nSPS) is 13.6. The number of carbonyl (C=O) groups is 1. The molecule has 1 amide bonds. The Morgan fingerprint density at radius 2 is 1.71 bits per heavy atom. The molecule has 0 heterocycles. The number of quaternary nitrogens is 1. The Morgan fingerprint density at radius 3 is 2.19 bits per heavy atom. The Hall–Kier alpha value is -3.40. The molecule has 9 heteroatoms. The molecule has 162 valence electrons. The number of rotatable bonds is 6. The van der Waals surface area contributed by atoms with Gasteiger partial charge in [-0.3, -0.25) is 0 Å². The summed E-state index contributed by atoms with van der Waals surface area (Å²) in [6.07, 6.45) is -4.82. The van der Waals surface area contributed by atoms with Crippen molar-refractivity contribution in [3.05, 3.63) is 59.2 Å². The molecule has 0 saturated heterocycles. The van der Waals surface area contributed by atoms with Crippen LogP contribution in [0.1, 0.15) is 30.0 Å². The Morgan fingerprint density at radius 1 is 1.10 bits per heavy atom. The molecule has 2 rings (SSSR count). The molecule has 6 nitrogen and oxygen atoms in total. The fourth-order valence-corrected chi connectivity index (χ4v) is 2.99. The molecule has 2 aromatic rings. The van der Waals surface area contributed by atoms with Gasteiger partial charge < -0.3 is 9.84 Å². The first-order chi connectivity index (χ1) is 14.4. The molecule has 0 aliphatic rings. The van der Waals surface area contributed by atoms with E-state index in [0.29, 0.717) is 11.3 Å². The lowest BCUT2D eigenvalue weighted by Crippen LogP contribution is -2.60. The van der Waals surface area contributed by atoms with Crippen molar-refractivity contribution in [2.45, 2.75) is 25.1 Å². The van der Waals surface area contributed by atoms with Crippen LogP contribution in [0.3, 0.4) is 0 Å². The van der Waals surface area contributed by atoms with Crippen LogP contribution in [-0.4, -0.2) is 37.3 Å². The van der Waals surface area contributed by atoms with E-state index in [1.54, 1.807) is 6.92 Å². The van der Waals surface area contributed by atoms with Crippen molar-refractivity contribution in [3.8, 4) is 17.9 Å². The van der Waals surface area contributed by atoms with Crippen LogP contribution in [0.2, 0.25) is 0 Å². The van der Waals surface area contributed by atoms with Crippen molar-refractivity contribution >= 4 is 11.6 Å². The van der Waals surface area contributed by atoms with E-state index in [1.165, 1.54) is 50.5 Å². The van der Waals surface area contributed by atoms with Crippen LogP contribution in [0.5, 0.6) is 5.75 Å². The van der Waals surface area contributed by atoms with Crippen molar-refractivity contribution < 1.29 is 27.8 Å². The Bertz CT molecular complexity index is 1050. The number of nitriles is 2. The number of alkyl halides is 3. The van der Waals surface area contributed by atoms with E-state index in [-0.39, 0.29) is 12.1 Å². The second-order valence-electron chi connectivity index (χ2n) is 7.41. The monoisotopic (exact) mass is 432 g/mol. The van der Waals surface area contributed by atoms with Crippen molar-refractivity contribution in [1.82, 2.24) is 4.48 Å². The molecule has 0 bridgehead atoms. The third kappa shape index (κ3) is 5.02. The van der Waals surface area contributed by atoms with Gasteiger partial charge in [0.25, 0.3) is 0 Å². The van der Waals surface area contributed by atoms with E-state index in [0.717, 1.165) is 12.1 Å². The average Bonchev–Trinajstić information content (AvgIpc) is 2.76.